The first-order valence-electron chi connectivity index (χ1n) is 12.6. The Hall–Kier alpha value is -3.07. The lowest BCUT2D eigenvalue weighted by Crippen LogP contribution is -2.40. The fourth-order valence-electron chi connectivity index (χ4n) is 4.60. The normalized spacial score (nSPS) is 23.4. The van der Waals surface area contributed by atoms with Crippen LogP contribution in [0.25, 0.3) is 0 Å². The van der Waals surface area contributed by atoms with Crippen LogP contribution in [0.3, 0.4) is 0 Å². The second-order valence-corrected chi connectivity index (χ2v) is 10.1. The Labute approximate surface area is 228 Å². The summed E-state index contributed by atoms with van der Waals surface area (Å²) in [6, 6.07) is 0. The molecule has 0 aliphatic heterocycles. The molecule has 1 aliphatic rings. The molecule has 0 radical (unpaired) electrons. The van der Waals surface area contributed by atoms with Crippen molar-refractivity contribution in [3.8, 4) is 11.5 Å². The molecule has 1 aromatic rings. The topological polar surface area (TPSA) is 110 Å². The van der Waals surface area contributed by atoms with Gasteiger partial charge in [0, 0.05) is 17.0 Å². The standard InChI is InChI=1S/C28H38ClFN2O6/c1-7-36-24(33)15-38-32-23-11-9-18(3)28(6,20(23)5)13-12-17(2)8-10-21-26(34)22(14-31-35)19(4)25(29)27(21)37-16-30/h8,12-14,18,20,34-35H,7,9-11,15-16H2,1-6H3/b13-12+,17-8+,31-14+,32-23+/t18-,20+,28+/m1/s1. The number of phenols is 1. The maximum absolute atomic E-state index is 13.1. The van der Waals surface area contributed by atoms with E-state index in [0.29, 0.717) is 23.7 Å². The van der Waals surface area contributed by atoms with Crippen molar-refractivity contribution < 1.29 is 33.8 Å². The molecule has 1 aliphatic carbocycles. The molecule has 210 valence electrons. The molecule has 0 spiro atoms. The summed E-state index contributed by atoms with van der Waals surface area (Å²) in [6.45, 7) is 10.7. The number of phenolic OH excluding ortho intramolecular Hbond substituents is 1. The van der Waals surface area contributed by atoms with Crippen LogP contribution in [-0.4, -0.2) is 48.3 Å². The van der Waals surface area contributed by atoms with E-state index in [-0.39, 0.29) is 46.4 Å². The van der Waals surface area contributed by atoms with Gasteiger partial charge in [0.05, 0.1) is 23.6 Å². The fraction of sp³-hybridized carbons (Fsp3) is 0.536. The average molecular weight is 553 g/mol. The number of allylic oxidation sites excluding steroid dienone is 4. The minimum Gasteiger partial charge on any atom is -0.507 e. The van der Waals surface area contributed by atoms with Gasteiger partial charge in [-0.2, -0.15) is 0 Å². The molecule has 10 heteroatoms. The Bertz CT molecular complexity index is 1120. The van der Waals surface area contributed by atoms with Gasteiger partial charge < -0.3 is 24.6 Å². The van der Waals surface area contributed by atoms with Gasteiger partial charge in [-0.15, -0.1) is 0 Å². The van der Waals surface area contributed by atoms with Crippen molar-refractivity contribution in [2.45, 2.75) is 60.8 Å². The van der Waals surface area contributed by atoms with E-state index in [2.05, 4.69) is 37.2 Å². The number of rotatable bonds is 11. The lowest BCUT2D eigenvalue weighted by atomic mass is 9.61. The minimum absolute atomic E-state index is 0.0532. The number of carbonyl (C=O) groups excluding carboxylic acids is 1. The number of nitrogens with zero attached hydrogens (tertiary/aromatic N) is 2. The Morgan fingerprint density at radius 3 is 2.68 bits per heavy atom. The summed E-state index contributed by atoms with van der Waals surface area (Å²) < 4.78 is 23.1. The summed E-state index contributed by atoms with van der Waals surface area (Å²) in [5.74, 6) is -0.143. The van der Waals surface area contributed by atoms with E-state index in [1.165, 1.54) is 0 Å². The van der Waals surface area contributed by atoms with Crippen LogP contribution in [0.2, 0.25) is 5.02 Å². The number of ether oxygens (including phenoxy) is 2. The Balaban J connectivity index is 2.28. The average Bonchev–Trinajstić information content (AvgIpc) is 2.88. The van der Waals surface area contributed by atoms with Crippen molar-refractivity contribution in [2.75, 3.05) is 20.1 Å². The van der Waals surface area contributed by atoms with Crippen molar-refractivity contribution in [1.29, 1.82) is 0 Å². The highest BCUT2D eigenvalue weighted by atomic mass is 35.5. The molecular formula is C28H38ClFN2O6. The first-order valence-corrected chi connectivity index (χ1v) is 13.0. The third-order valence-electron chi connectivity index (χ3n) is 7.46. The van der Waals surface area contributed by atoms with Crippen LogP contribution >= 0.6 is 11.6 Å². The Morgan fingerprint density at radius 1 is 1.34 bits per heavy atom. The molecule has 1 fully saturated rings. The molecule has 2 N–H and O–H groups in total. The first kappa shape index (κ1) is 31.1. The van der Waals surface area contributed by atoms with E-state index >= 15 is 0 Å². The van der Waals surface area contributed by atoms with Gasteiger partial charge in [0.1, 0.15) is 11.5 Å². The maximum atomic E-state index is 13.1. The van der Waals surface area contributed by atoms with Crippen LogP contribution in [0.4, 0.5) is 4.39 Å². The smallest absolute Gasteiger partial charge is 0.347 e. The first-order chi connectivity index (χ1) is 18.0. The zero-order chi connectivity index (χ0) is 28.5. The molecule has 0 bridgehead atoms. The van der Waals surface area contributed by atoms with Crippen molar-refractivity contribution in [2.24, 2.45) is 27.6 Å². The van der Waals surface area contributed by atoms with Gasteiger partial charge in [0.25, 0.3) is 0 Å². The molecule has 38 heavy (non-hydrogen) atoms. The highest BCUT2D eigenvalue weighted by Gasteiger charge is 2.41. The fourth-order valence-corrected chi connectivity index (χ4v) is 4.87. The minimum atomic E-state index is -1.11. The van der Waals surface area contributed by atoms with Gasteiger partial charge >= 0.3 is 5.97 Å². The van der Waals surface area contributed by atoms with Crippen LogP contribution in [0, 0.1) is 24.2 Å². The number of esters is 1. The highest BCUT2D eigenvalue weighted by Crippen LogP contribution is 2.45. The van der Waals surface area contributed by atoms with E-state index in [4.69, 9.17) is 31.1 Å². The molecule has 1 saturated carbocycles. The summed E-state index contributed by atoms with van der Waals surface area (Å²) in [7, 11) is 0. The van der Waals surface area contributed by atoms with Crippen molar-refractivity contribution in [3.05, 3.63) is 45.5 Å². The Kier molecular flexibility index (Phi) is 11.6. The second kappa shape index (κ2) is 14.2. The number of aromatic hydroxyl groups is 1. The zero-order valence-electron chi connectivity index (χ0n) is 22.9. The van der Waals surface area contributed by atoms with Crippen molar-refractivity contribution in [3.63, 3.8) is 0 Å². The lowest BCUT2D eigenvalue weighted by Gasteiger charge is -2.43. The van der Waals surface area contributed by atoms with E-state index in [1.54, 1.807) is 13.8 Å². The van der Waals surface area contributed by atoms with Gasteiger partial charge in [-0.3, -0.25) is 0 Å². The molecule has 3 atom stereocenters. The van der Waals surface area contributed by atoms with Crippen molar-refractivity contribution >= 4 is 29.5 Å². The van der Waals surface area contributed by atoms with Crippen LogP contribution in [0.15, 0.2) is 34.1 Å². The molecular weight excluding hydrogens is 515 g/mol. The van der Waals surface area contributed by atoms with E-state index in [9.17, 15) is 14.3 Å². The second-order valence-electron chi connectivity index (χ2n) is 9.68. The molecule has 0 heterocycles. The van der Waals surface area contributed by atoms with Gasteiger partial charge in [-0.25, -0.2) is 9.18 Å². The predicted octanol–water partition coefficient (Wildman–Crippen LogP) is 6.52. The third-order valence-corrected chi connectivity index (χ3v) is 7.92. The maximum Gasteiger partial charge on any atom is 0.347 e. The third kappa shape index (κ3) is 7.28. The SMILES string of the molecule is CCOC(=O)CO/N=C1\CC[C@@H](C)[C@](C)(/C=C/C(C)=C/Cc2c(O)c(/C=N/O)c(C)c(Cl)c2OCF)[C@H]1C. The number of hydrogen-bond donors (Lipinski definition) is 2. The quantitative estimate of drug-likeness (QED) is 0.106. The molecule has 8 nitrogen and oxygen atoms in total. The molecule has 0 saturated heterocycles. The molecule has 1 aromatic carbocycles. The summed E-state index contributed by atoms with van der Waals surface area (Å²) in [5, 5.41) is 27.2. The molecule has 0 unspecified atom stereocenters. The van der Waals surface area contributed by atoms with Crippen LogP contribution < -0.4 is 4.74 Å². The highest BCUT2D eigenvalue weighted by molar-refractivity contribution is 6.33. The number of hydrogen-bond acceptors (Lipinski definition) is 8. The summed E-state index contributed by atoms with van der Waals surface area (Å²) in [4.78, 5) is 16.8. The lowest BCUT2D eigenvalue weighted by molar-refractivity contribution is -0.148. The Morgan fingerprint density at radius 2 is 2.05 bits per heavy atom. The zero-order valence-corrected chi connectivity index (χ0v) is 23.6. The largest absolute Gasteiger partial charge is 0.507 e. The van der Waals surface area contributed by atoms with Crippen LogP contribution in [0.1, 0.15) is 64.2 Å². The van der Waals surface area contributed by atoms with E-state index < -0.39 is 12.8 Å². The predicted molar refractivity (Wildman–Crippen MR) is 146 cm³/mol. The summed E-state index contributed by atoms with van der Waals surface area (Å²) in [6.07, 6.45) is 9.03. The number of oxime groups is 2. The summed E-state index contributed by atoms with van der Waals surface area (Å²) >= 11 is 6.37. The number of benzene rings is 1. The van der Waals surface area contributed by atoms with Gasteiger partial charge in [-0.1, -0.05) is 66.5 Å². The van der Waals surface area contributed by atoms with Gasteiger partial charge in [0.2, 0.25) is 13.5 Å². The van der Waals surface area contributed by atoms with E-state index in [1.807, 2.05) is 19.1 Å². The van der Waals surface area contributed by atoms with Gasteiger partial charge in [0.15, 0.2) is 0 Å². The molecule has 2 rings (SSSR count). The van der Waals surface area contributed by atoms with E-state index in [0.717, 1.165) is 30.3 Å². The van der Waals surface area contributed by atoms with Crippen LogP contribution in [-0.2, 0) is 20.8 Å². The van der Waals surface area contributed by atoms with Crippen LogP contribution in [0.5, 0.6) is 11.5 Å². The molecule has 0 amide bonds. The number of alkyl halides is 1. The number of carbonyl (C=O) groups is 1. The summed E-state index contributed by atoms with van der Waals surface area (Å²) in [5.41, 5.74) is 2.52. The monoisotopic (exact) mass is 552 g/mol. The van der Waals surface area contributed by atoms with Gasteiger partial charge in [-0.05, 0) is 56.9 Å². The van der Waals surface area contributed by atoms with Crippen molar-refractivity contribution in [1.82, 2.24) is 0 Å². The number of halogens is 2. The molecule has 0 aromatic heterocycles.